The van der Waals surface area contributed by atoms with Crippen LogP contribution in [0.3, 0.4) is 0 Å². The zero-order valence-corrected chi connectivity index (χ0v) is 21.7. The highest BCUT2D eigenvalue weighted by atomic mass is 16.7. The van der Waals surface area contributed by atoms with Crippen LogP contribution in [0.5, 0.6) is 5.88 Å². The molecule has 0 spiro atoms. The van der Waals surface area contributed by atoms with Crippen molar-refractivity contribution in [2.24, 2.45) is 0 Å². The fraction of sp³-hybridized carbons (Fsp3) is 0.367. The molecule has 37 heavy (non-hydrogen) atoms. The molecule has 4 aromatic rings. The fourth-order valence-corrected chi connectivity index (χ4v) is 4.20. The minimum atomic E-state index is -0.528. The van der Waals surface area contributed by atoms with Gasteiger partial charge in [-0.1, -0.05) is 81.5 Å². The van der Waals surface area contributed by atoms with E-state index in [1.807, 2.05) is 66.7 Å². The number of carbonyl (C=O) groups is 1. The number of hydrogen-bond acceptors (Lipinski definition) is 6. The van der Waals surface area contributed by atoms with Crippen molar-refractivity contribution in [3.63, 3.8) is 0 Å². The third kappa shape index (κ3) is 6.74. The molecule has 0 atom stereocenters. The fourth-order valence-electron chi connectivity index (χ4n) is 4.20. The summed E-state index contributed by atoms with van der Waals surface area (Å²) in [6.45, 7) is 4.87. The van der Waals surface area contributed by atoms with E-state index in [0.29, 0.717) is 23.7 Å². The van der Waals surface area contributed by atoms with E-state index in [-0.39, 0.29) is 19.1 Å². The first-order chi connectivity index (χ1) is 18.2. The molecule has 0 aliphatic heterocycles. The van der Waals surface area contributed by atoms with Gasteiger partial charge in [-0.3, -0.25) is 0 Å². The molecule has 0 saturated carbocycles. The predicted molar refractivity (Wildman–Crippen MR) is 145 cm³/mol. The third-order valence-corrected chi connectivity index (χ3v) is 6.09. The molecule has 0 amide bonds. The second-order valence-electron chi connectivity index (χ2n) is 8.82. The van der Waals surface area contributed by atoms with Gasteiger partial charge in [-0.2, -0.15) is 9.78 Å². The van der Waals surface area contributed by atoms with E-state index >= 15 is 0 Å². The standard InChI is InChI=1S/C30H35N3O4/c1-3-5-6-7-8-14-21-35-22-37-29-27(26-20-19-23-15-12-13-18-25(23)31-26)28(30(34)36-4-2)32-33(29)24-16-10-9-11-17-24/h9-13,15-20H,3-8,14,21-22H2,1-2H3. The molecular formula is C30H35N3O4. The zero-order valence-electron chi connectivity index (χ0n) is 21.7. The molecule has 0 radical (unpaired) electrons. The number of unbranched alkanes of at least 4 members (excludes halogenated alkanes) is 5. The Morgan fingerprint density at radius 2 is 1.62 bits per heavy atom. The number of aromatic nitrogens is 3. The molecule has 0 unspecified atom stereocenters. The van der Waals surface area contributed by atoms with E-state index in [4.69, 9.17) is 19.2 Å². The molecule has 0 bridgehead atoms. The molecule has 4 rings (SSSR count). The highest BCUT2D eigenvalue weighted by Gasteiger charge is 2.28. The lowest BCUT2D eigenvalue weighted by atomic mass is 10.1. The Kier molecular flexibility index (Phi) is 9.66. The summed E-state index contributed by atoms with van der Waals surface area (Å²) >= 11 is 0. The number of esters is 1. The normalized spacial score (nSPS) is 11.1. The number of nitrogens with zero attached hydrogens (tertiary/aromatic N) is 3. The van der Waals surface area contributed by atoms with Crippen LogP contribution < -0.4 is 4.74 Å². The molecule has 194 valence electrons. The van der Waals surface area contributed by atoms with Gasteiger partial charge in [0.2, 0.25) is 5.88 Å². The van der Waals surface area contributed by atoms with Gasteiger partial charge in [0.15, 0.2) is 12.5 Å². The SMILES string of the molecule is CCCCCCCCOCOc1c(-c2ccc3ccccc3n2)c(C(=O)OCC)nn1-c1ccccc1. The van der Waals surface area contributed by atoms with Crippen molar-refractivity contribution < 1.29 is 19.0 Å². The molecule has 0 saturated heterocycles. The molecule has 0 fully saturated rings. The van der Waals surface area contributed by atoms with Crippen LogP contribution in [0.25, 0.3) is 27.8 Å². The Bertz CT molecular complexity index is 1290. The van der Waals surface area contributed by atoms with E-state index in [1.54, 1.807) is 11.6 Å². The quantitative estimate of drug-likeness (QED) is 0.105. The summed E-state index contributed by atoms with van der Waals surface area (Å²) < 4.78 is 19.0. The summed E-state index contributed by atoms with van der Waals surface area (Å²) in [6.07, 6.45) is 7.13. The number of ether oxygens (including phenoxy) is 3. The zero-order chi connectivity index (χ0) is 25.9. The summed E-state index contributed by atoms with van der Waals surface area (Å²) in [7, 11) is 0. The van der Waals surface area contributed by atoms with E-state index in [1.165, 1.54) is 25.7 Å². The second kappa shape index (κ2) is 13.6. The first-order valence-corrected chi connectivity index (χ1v) is 13.1. The molecule has 2 aromatic heterocycles. The maximum absolute atomic E-state index is 13.0. The first-order valence-electron chi connectivity index (χ1n) is 13.1. The minimum Gasteiger partial charge on any atom is -0.461 e. The molecule has 2 heterocycles. The highest BCUT2D eigenvalue weighted by molar-refractivity contribution is 5.97. The predicted octanol–water partition coefficient (Wildman–Crippen LogP) is 6.98. The van der Waals surface area contributed by atoms with Crippen molar-refractivity contribution in [2.75, 3.05) is 20.0 Å². The molecule has 7 nitrogen and oxygen atoms in total. The molecule has 0 N–H and O–H groups in total. The summed E-state index contributed by atoms with van der Waals surface area (Å²) in [4.78, 5) is 17.8. The van der Waals surface area contributed by atoms with Crippen LogP contribution in [0.15, 0.2) is 66.7 Å². The van der Waals surface area contributed by atoms with Gasteiger partial charge in [-0.05, 0) is 37.6 Å². The number of benzene rings is 2. The first kappa shape index (κ1) is 26.4. The van der Waals surface area contributed by atoms with Gasteiger partial charge in [-0.25, -0.2) is 9.78 Å². The average Bonchev–Trinajstić information content (AvgIpc) is 3.32. The topological polar surface area (TPSA) is 75.5 Å². The van der Waals surface area contributed by atoms with E-state index in [2.05, 4.69) is 12.0 Å². The summed E-state index contributed by atoms with van der Waals surface area (Å²) in [6, 6.07) is 21.3. The number of carbonyl (C=O) groups excluding carboxylic acids is 1. The molecule has 0 aliphatic rings. The maximum atomic E-state index is 13.0. The third-order valence-electron chi connectivity index (χ3n) is 6.09. The van der Waals surface area contributed by atoms with Gasteiger partial charge >= 0.3 is 5.97 Å². The Balaban J connectivity index is 1.65. The number of hydrogen-bond donors (Lipinski definition) is 0. The van der Waals surface area contributed by atoms with Crippen LogP contribution in [0.4, 0.5) is 0 Å². The Morgan fingerprint density at radius 3 is 2.43 bits per heavy atom. The Morgan fingerprint density at radius 1 is 0.865 bits per heavy atom. The maximum Gasteiger partial charge on any atom is 0.359 e. The van der Waals surface area contributed by atoms with E-state index < -0.39 is 5.97 Å². The Labute approximate surface area is 218 Å². The van der Waals surface area contributed by atoms with Gasteiger partial charge in [0.1, 0.15) is 0 Å². The van der Waals surface area contributed by atoms with Crippen LogP contribution in [-0.4, -0.2) is 40.7 Å². The van der Waals surface area contributed by atoms with Gasteiger partial charge in [-0.15, -0.1) is 0 Å². The van der Waals surface area contributed by atoms with Gasteiger partial charge in [0.25, 0.3) is 0 Å². The Hall–Kier alpha value is -3.71. The lowest BCUT2D eigenvalue weighted by Crippen LogP contribution is -2.09. The summed E-state index contributed by atoms with van der Waals surface area (Å²) in [5.74, 6) is -0.139. The van der Waals surface area contributed by atoms with Crippen molar-refractivity contribution >= 4 is 16.9 Å². The average molecular weight is 502 g/mol. The van der Waals surface area contributed by atoms with Crippen LogP contribution in [-0.2, 0) is 9.47 Å². The summed E-state index contributed by atoms with van der Waals surface area (Å²) in [5, 5.41) is 5.64. The second-order valence-corrected chi connectivity index (χ2v) is 8.82. The van der Waals surface area contributed by atoms with Crippen molar-refractivity contribution in [1.82, 2.24) is 14.8 Å². The van der Waals surface area contributed by atoms with Crippen molar-refractivity contribution in [3.05, 3.63) is 72.4 Å². The van der Waals surface area contributed by atoms with E-state index in [0.717, 1.165) is 29.4 Å². The smallest absolute Gasteiger partial charge is 0.359 e. The lowest BCUT2D eigenvalue weighted by molar-refractivity contribution is 0.00983. The molecular weight excluding hydrogens is 466 g/mol. The largest absolute Gasteiger partial charge is 0.461 e. The number of fused-ring (bicyclic) bond motifs is 1. The van der Waals surface area contributed by atoms with Gasteiger partial charge < -0.3 is 14.2 Å². The molecule has 0 aliphatic carbocycles. The molecule has 7 heteroatoms. The van der Waals surface area contributed by atoms with Crippen LogP contribution in [0.2, 0.25) is 0 Å². The lowest BCUT2D eigenvalue weighted by Gasteiger charge is -2.12. The van der Waals surface area contributed by atoms with Crippen LogP contribution >= 0.6 is 0 Å². The number of para-hydroxylation sites is 2. The number of rotatable bonds is 14. The van der Waals surface area contributed by atoms with Crippen LogP contribution in [0.1, 0.15) is 62.9 Å². The van der Waals surface area contributed by atoms with Crippen molar-refractivity contribution in [2.45, 2.75) is 52.4 Å². The molecule has 2 aromatic carbocycles. The minimum absolute atomic E-state index is 0.0380. The van der Waals surface area contributed by atoms with Gasteiger partial charge in [0, 0.05) is 5.39 Å². The van der Waals surface area contributed by atoms with Crippen LogP contribution in [0, 0.1) is 0 Å². The van der Waals surface area contributed by atoms with Crippen molar-refractivity contribution in [1.29, 1.82) is 0 Å². The van der Waals surface area contributed by atoms with Crippen molar-refractivity contribution in [3.8, 4) is 22.8 Å². The highest BCUT2D eigenvalue weighted by Crippen LogP contribution is 2.36. The van der Waals surface area contributed by atoms with E-state index in [9.17, 15) is 4.79 Å². The van der Waals surface area contributed by atoms with Gasteiger partial charge in [0.05, 0.1) is 35.7 Å². The number of pyridine rings is 1. The monoisotopic (exact) mass is 501 g/mol. The summed E-state index contributed by atoms with van der Waals surface area (Å²) in [5.41, 5.74) is 2.78.